The molecule has 0 saturated carbocycles. The number of hydrogen-bond donors (Lipinski definition) is 4. The first-order valence-electron chi connectivity index (χ1n) is 5.46. The average molecular weight is 353 g/mol. The first-order chi connectivity index (χ1) is 10.0. The minimum Gasteiger partial charge on any atom is -0.481 e. The number of benzene rings is 1. The Morgan fingerprint density at radius 2 is 1.77 bits per heavy atom. The molecule has 0 unspecified atom stereocenters. The number of carboxylic acids is 1. The van der Waals surface area contributed by atoms with Crippen LogP contribution in [0.1, 0.15) is 6.42 Å². The normalized spacial score (nSPS) is 12.5. The Hall–Kier alpha value is -2.09. The number of rotatable bonds is 7. The van der Waals surface area contributed by atoms with Crippen molar-refractivity contribution in [1.29, 1.82) is 0 Å². The predicted molar refractivity (Wildman–Crippen MR) is 70.8 cm³/mol. The van der Waals surface area contributed by atoms with E-state index in [1.54, 1.807) is 0 Å². The fourth-order valence-corrected chi connectivity index (χ4v) is 2.48. The van der Waals surface area contributed by atoms with Gasteiger partial charge in [-0.1, -0.05) is 5.22 Å². The molecule has 1 rings (SSSR count). The second kappa shape index (κ2) is 6.78. The standard InChI is InChI=1S/C9H11N3O8S2/c13-9(14)3-4-10-12-11-7-2-1-6(21(15,16)17)5-8(7)22(18,19)20/h1-2,5H,3-4H2,(H,10,11)(H,13,14)(H,15,16,17)(H,18,19,20). The zero-order valence-electron chi connectivity index (χ0n) is 10.7. The summed E-state index contributed by atoms with van der Waals surface area (Å²) in [6.45, 7) is -0.0802. The average Bonchev–Trinajstić information content (AvgIpc) is 2.35. The van der Waals surface area contributed by atoms with E-state index in [-0.39, 0.29) is 13.0 Å². The molecule has 0 aliphatic carbocycles. The lowest BCUT2D eigenvalue weighted by Gasteiger charge is -2.04. The van der Waals surface area contributed by atoms with Crippen molar-refractivity contribution in [1.82, 2.24) is 5.43 Å². The predicted octanol–water partition coefficient (Wildman–Crippen LogP) is 0.243. The molecule has 4 N–H and O–H groups in total. The van der Waals surface area contributed by atoms with Gasteiger partial charge in [0.2, 0.25) is 0 Å². The highest BCUT2D eigenvalue weighted by molar-refractivity contribution is 7.86. The Bertz CT molecular complexity index is 800. The van der Waals surface area contributed by atoms with Crippen molar-refractivity contribution in [2.45, 2.75) is 16.2 Å². The van der Waals surface area contributed by atoms with Gasteiger partial charge in [0, 0.05) is 6.54 Å². The number of aliphatic carboxylic acids is 1. The third kappa shape index (κ3) is 5.36. The molecule has 0 saturated heterocycles. The van der Waals surface area contributed by atoms with Crippen LogP contribution in [0.5, 0.6) is 0 Å². The van der Waals surface area contributed by atoms with Crippen LogP contribution in [-0.4, -0.2) is 43.6 Å². The van der Waals surface area contributed by atoms with E-state index in [1.807, 2.05) is 0 Å². The lowest BCUT2D eigenvalue weighted by molar-refractivity contribution is -0.136. The largest absolute Gasteiger partial charge is 0.481 e. The first kappa shape index (κ1) is 18.0. The van der Waals surface area contributed by atoms with Crippen LogP contribution in [0.2, 0.25) is 0 Å². The van der Waals surface area contributed by atoms with Gasteiger partial charge in [-0.3, -0.25) is 19.3 Å². The second-order valence-electron chi connectivity index (χ2n) is 3.83. The van der Waals surface area contributed by atoms with Gasteiger partial charge in [-0.05, 0) is 18.2 Å². The number of carboxylic acid groups (broad SMARTS) is 1. The van der Waals surface area contributed by atoms with E-state index in [0.29, 0.717) is 6.07 Å². The number of nitrogens with one attached hydrogen (secondary N) is 1. The first-order valence-corrected chi connectivity index (χ1v) is 8.34. The number of carbonyl (C=O) groups is 1. The minimum atomic E-state index is -4.82. The molecule has 0 aliphatic heterocycles. The summed E-state index contributed by atoms with van der Waals surface area (Å²) in [5.74, 6) is -1.08. The van der Waals surface area contributed by atoms with Gasteiger partial charge in [-0.15, -0.1) is 5.11 Å². The van der Waals surface area contributed by atoms with Crippen molar-refractivity contribution in [3.63, 3.8) is 0 Å². The fourth-order valence-electron chi connectivity index (χ4n) is 1.25. The molecule has 122 valence electrons. The molecule has 11 nitrogen and oxygen atoms in total. The van der Waals surface area contributed by atoms with Crippen LogP contribution in [0.25, 0.3) is 0 Å². The molecular formula is C9H11N3O8S2. The molecule has 0 aliphatic rings. The summed E-state index contributed by atoms with van der Waals surface area (Å²) >= 11 is 0. The summed E-state index contributed by atoms with van der Waals surface area (Å²) in [5.41, 5.74) is 1.82. The van der Waals surface area contributed by atoms with E-state index in [1.165, 1.54) is 0 Å². The molecule has 0 amide bonds. The summed E-state index contributed by atoms with van der Waals surface area (Å²) in [6, 6.07) is 2.26. The summed E-state index contributed by atoms with van der Waals surface area (Å²) in [4.78, 5) is 8.61. The number of nitrogens with zero attached hydrogens (tertiary/aromatic N) is 2. The molecule has 13 heteroatoms. The van der Waals surface area contributed by atoms with Gasteiger partial charge < -0.3 is 5.11 Å². The number of hydrogen-bond acceptors (Lipinski definition) is 7. The molecule has 0 radical (unpaired) electrons. The van der Waals surface area contributed by atoms with Crippen molar-refractivity contribution in [3.05, 3.63) is 18.2 Å². The molecule has 0 fully saturated rings. The van der Waals surface area contributed by atoms with E-state index in [9.17, 15) is 21.6 Å². The third-order valence-corrected chi connectivity index (χ3v) is 3.92. The lowest BCUT2D eigenvalue weighted by Crippen LogP contribution is -2.11. The van der Waals surface area contributed by atoms with Crippen LogP contribution in [0.15, 0.2) is 38.3 Å². The highest BCUT2D eigenvalue weighted by atomic mass is 32.2. The van der Waals surface area contributed by atoms with Crippen LogP contribution in [-0.2, 0) is 25.0 Å². The zero-order valence-corrected chi connectivity index (χ0v) is 12.4. The van der Waals surface area contributed by atoms with E-state index >= 15 is 0 Å². The van der Waals surface area contributed by atoms with Crippen molar-refractivity contribution < 1.29 is 35.8 Å². The molecule has 1 aromatic carbocycles. The summed E-state index contributed by atoms with van der Waals surface area (Å²) in [5, 5.41) is 15.1. The van der Waals surface area contributed by atoms with Gasteiger partial charge in [0.1, 0.15) is 10.6 Å². The molecule has 0 bridgehead atoms. The molecule has 22 heavy (non-hydrogen) atoms. The molecule has 1 aromatic rings. The van der Waals surface area contributed by atoms with Crippen molar-refractivity contribution in [2.24, 2.45) is 10.3 Å². The Kier molecular flexibility index (Phi) is 5.54. The maximum absolute atomic E-state index is 11.2. The van der Waals surface area contributed by atoms with E-state index in [2.05, 4.69) is 15.8 Å². The maximum atomic E-state index is 11.2. The second-order valence-corrected chi connectivity index (χ2v) is 6.64. The Morgan fingerprint density at radius 1 is 1.14 bits per heavy atom. The summed E-state index contributed by atoms with van der Waals surface area (Å²) in [7, 11) is -9.49. The highest BCUT2D eigenvalue weighted by Gasteiger charge is 2.20. The third-order valence-electron chi connectivity index (χ3n) is 2.19. The topological polar surface area (TPSA) is 183 Å². The zero-order chi connectivity index (χ0) is 17.0. The Morgan fingerprint density at radius 3 is 2.27 bits per heavy atom. The van der Waals surface area contributed by atoms with Gasteiger partial charge in [-0.2, -0.15) is 16.8 Å². The van der Waals surface area contributed by atoms with E-state index in [4.69, 9.17) is 14.2 Å². The van der Waals surface area contributed by atoms with Crippen LogP contribution in [0.3, 0.4) is 0 Å². The molecule has 0 atom stereocenters. The summed E-state index contributed by atoms with van der Waals surface area (Å²) in [6.07, 6.45) is -0.258. The Labute approximate surface area is 125 Å². The van der Waals surface area contributed by atoms with E-state index in [0.717, 1.165) is 12.1 Å². The molecule has 0 aromatic heterocycles. The van der Waals surface area contributed by atoms with Gasteiger partial charge in [0.05, 0.1) is 11.3 Å². The van der Waals surface area contributed by atoms with Crippen LogP contribution >= 0.6 is 0 Å². The van der Waals surface area contributed by atoms with Crippen molar-refractivity contribution in [3.8, 4) is 0 Å². The van der Waals surface area contributed by atoms with Crippen LogP contribution in [0.4, 0.5) is 5.69 Å². The molecular weight excluding hydrogens is 342 g/mol. The Balaban J connectivity index is 3.10. The monoisotopic (exact) mass is 353 g/mol. The van der Waals surface area contributed by atoms with Gasteiger partial charge in [0.15, 0.2) is 0 Å². The van der Waals surface area contributed by atoms with Crippen LogP contribution < -0.4 is 5.43 Å². The van der Waals surface area contributed by atoms with Crippen molar-refractivity contribution in [2.75, 3.05) is 6.54 Å². The fraction of sp³-hybridized carbons (Fsp3) is 0.222. The van der Waals surface area contributed by atoms with E-state index < -0.39 is 41.7 Å². The van der Waals surface area contributed by atoms with Crippen LogP contribution in [0, 0.1) is 0 Å². The molecule has 0 spiro atoms. The quantitative estimate of drug-likeness (QED) is 0.231. The minimum absolute atomic E-state index is 0.0802. The SMILES string of the molecule is O=C(O)CCNN=Nc1ccc(S(=O)(=O)O)cc1S(=O)(=O)O. The van der Waals surface area contributed by atoms with Crippen molar-refractivity contribution >= 4 is 31.9 Å². The summed E-state index contributed by atoms with van der Waals surface area (Å²) < 4.78 is 62.1. The molecule has 0 heterocycles. The maximum Gasteiger partial charge on any atom is 0.305 e. The smallest absolute Gasteiger partial charge is 0.305 e. The lowest BCUT2D eigenvalue weighted by atomic mass is 10.3. The van der Waals surface area contributed by atoms with Gasteiger partial charge >= 0.3 is 5.97 Å². The highest BCUT2D eigenvalue weighted by Crippen LogP contribution is 2.27. The van der Waals surface area contributed by atoms with Gasteiger partial charge in [0.25, 0.3) is 20.2 Å². The van der Waals surface area contributed by atoms with Gasteiger partial charge in [-0.25, -0.2) is 0 Å².